The number of urea groups is 1. The van der Waals surface area contributed by atoms with E-state index in [1.807, 2.05) is 42.5 Å². The van der Waals surface area contributed by atoms with Crippen LogP contribution in [0.25, 0.3) is 0 Å². The minimum Gasteiger partial charge on any atom is -0.508 e. The summed E-state index contributed by atoms with van der Waals surface area (Å²) in [5.74, 6) is -0.233. The number of amides is 4. The van der Waals surface area contributed by atoms with Gasteiger partial charge in [0.05, 0.1) is 13.1 Å². The highest BCUT2D eigenvalue weighted by Gasteiger charge is 2.50. The number of nitrogens with zero attached hydrogens (tertiary/aromatic N) is 5. The summed E-state index contributed by atoms with van der Waals surface area (Å²) in [6.45, 7) is 0.858. The topological polar surface area (TPSA) is 99.7 Å². The molecule has 232 valence electrons. The van der Waals surface area contributed by atoms with Crippen LogP contribution < -0.4 is 10.2 Å². The van der Waals surface area contributed by atoms with Crippen LogP contribution in [0.15, 0.2) is 78.9 Å². The second-order valence-electron chi connectivity index (χ2n) is 11.7. The normalized spacial score (nSPS) is 20.2. The number of carbonyl (C=O) groups excluding carboxylic acids is 3. The van der Waals surface area contributed by atoms with Gasteiger partial charge in [0.1, 0.15) is 18.0 Å². The minimum atomic E-state index is -0.800. The van der Waals surface area contributed by atoms with E-state index in [0.717, 1.165) is 22.4 Å². The molecule has 3 aromatic rings. The molecule has 1 aliphatic carbocycles. The number of hydrogen-bond donors (Lipinski definition) is 2. The highest BCUT2D eigenvalue weighted by molar-refractivity contribution is 5.91. The van der Waals surface area contributed by atoms with E-state index in [4.69, 9.17) is 0 Å². The van der Waals surface area contributed by atoms with Gasteiger partial charge in [-0.05, 0) is 53.8 Å². The first-order valence-corrected chi connectivity index (χ1v) is 14.8. The fourth-order valence-corrected chi connectivity index (χ4v) is 6.12. The van der Waals surface area contributed by atoms with Gasteiger partial charge in [0, 0.05) is 45.3 Å². The maximum absolute atomic E-state index is 14.1. The van der Waals surface area contributed by atoms with Gasteiger partial charge >= 0.3 is 6.03 Å². The van der Waals surface area contributed by atoms with Crippen molar-refractivity contribution in [3.63, 3.8) is 0 Å². The first kappa shape index (κ1) is 30.9. The molecule has 2 N–H and O–H groups in total. The first-order chi connectivity index (χ1) is 20.8. The van der Waals surface area contributed by atoms with Gasteiger partial charge in [-0.1, -0.05) is 62.0 Å². The maximum atomic E-state index is 14.1. The van der Waals surface area contributed by atoms with Crippen molar-refractivity contribution < 1.29 is 19.5 Å². The lowest BCUT2D eigenvalue weighted by Crippen LogP contribution is -2.76. The molecule has 0 radical (unpaired) electrons. The van der Waals surface area contributed by atoms with Crippen LogP contribution in [0.5, 0.6) is 5.75 Å². The number of fused-ring (bicyclic) bond motifs is 1. The standard InChI is InChI=1S/C33H38N6O4.CH4/c1-35-22-31(41)38-29(18-23-11-15-28(40)16-12-23)32(42)37(20-25-9-6-10-27(17-25)36(2)26-13-14-26)21-30(38)39(35)33(43)34-19-24-7-4-3-5-8-24;/h3-12,15-17,26,29-30,40H,13-14,18-22H2,1-2H3,(H,34,43);1H4/t29-,30-;/m0./s1. The van der Waals surface area contributed by atoms with Crippen LogP contribution in [0.3, 0.4) is 0 Å². The van der Waals surface area contributed by atoms with Crippen LogP contribution >= 0.6 is 0 Å². The van der Waals surface area contributed by atoms with Crippen molar-refractivity contribution in [3.05, 3.63) is 95.6 Å². The fraction of sp³-hybridized carbons (Fsp3) is 0.382. The lowest BCUT2D eigenvalue weighted by molar-refractivity contribution is -0.187. The Balaban J connectivity index is 0.00000384. The van der Waals surface area contributed by atoms with Crippen molar-refractivity contribution >= 4 is 23.5 Å². The molecule has 2 atom stereocenters. The first-order valence-electron chi connectivity index (χ1n) is 14.8. The number of benzene rings is 3. The van der Waals surface area contributed by atoms with Gasteiger partial charge in [0.25, 0.3) is 0 Å². The second kappa shape index (κ2) is 13.0. The van der Waals surface area contributed by atoms with Crippen molar-refractivity contribution in [2.75, 3.05) is 32.1 Å². The van der Waals surface area contributed by atoms with Gasteiger partial charge in [0.2, 0.25) is 11.8 Å². The van der Waals surface area contributed by atoms with Crippen LogP contribution in [0.1, 0.15) is 37.0 Å². The zero-order valence-electron chi connectivity index (χ0n) is 24.6. The molecule has 4 amide bonds. The molecule has 0 spiro atoms. The fourth-order valence-electron chi connectivity index (χ4n) is 6.12. The molecule has 2 aliphatic heterocycles. The van der Waals surface area contributed by atoms with Crippen LogP contribution in [0.4, 0.5) is 10.5 Å². The van der Waals surface area contributed by atoms with Crippen LogP contribution in [0.2, 0.25) is 0 Å². The van der Waals surface area contributed by atoms with Crippen molar-refractivity contribution in [1.82, 2.24) is 25.1 Å². The average molecular weight is 599 g/mol. The Bertz CT molecular complexity index is 1480. The molecule has 0 aromatic heterocycles. The number of carbonyl (C=O) groups is 3. The largest absolute Gasteiger partial charge is 0.508 e. The molecular weight excluding hydrogens is 556 g/mol. The number of phenolic OH excluding ortho intramolecular Hbond substituents is 1. The molecule has 6 rings (SSSR count). The third-order valence-corrected chi connectivity index (χ3v) is 8.59. The summed E-state index contributed by atoms with van der Waals surface area (Å²) in [5, 5.41) is 16.0. The Morgan fingerprint density at radius 1 is 0.955 bits per heavy atom. The Hall–Kier alpha value is -4.57. The molecule has 2 heterocycles. The number of piperazine rings is 1. The van der Waals surface area contributed by atoms with Crippen molar-refractivity contribution in [2.45, 2.75) is 58.0 Å². The highest BCUT2D eigenvalue weighted by Crippen LogP contribution is 2.32. The summed E-state index contributed by atoms with van der Waals surface area (Å²) >= 11 is 0. The molecule has 1 saturated carbocycles. The van der Waals surface area contributed by atoms with E-state index in [9.17, 15) is 19.5 Å². The third-order valence-electron chi connectivity index (χ3n) is 8.59. The number of anilines is 1. The number of aromatic hydroxyl groups is 1. The maximum Gasteiger partial charge on any atom is 0.334 e. The van der Waals surface area contributed by atoms with E-state index in [0.29, 0.717) is 19.1 Å². The molecule has 10 heteroatoms. The average Bonchev–Trinajstić information content (AvgIpc) is 3.85. The molecule has 3 aliphatic rings. The zero-order valence-corrected chi connectivity index (χ0v) is 24.6. The highest BCUT2D eigenvalue weighted by atomic mass is 16.3. The molecule has 3 aromatic carbocycles. The molecule has 10 nitrogen and oxygen atoms in total. The number of hydrogen-bond acceptors (Lipinski definition) is 6. The van der Waals surface area contributed by atoms with E-state index < -0.39 is 12.2 Å². The third kappa shape index (κ3) is 6.50. The summed E-state index contributed by atoms with van der Waals surface area (Å²) in [7, 11) is 3.83. The van der Waals surface area contributed by atoms with Gasteiger partial charge in [-0.25, -0.2) is 14.8 Å². The summed E-state index contributed by atoms with van der Waals surface area (Å²) in [5.41, 5.74) is 3.88. The van der Waals surface area contributed by atoms with Crippen LogP contribution in [0, 0.1) is 0 Å². The van der Waals surface area contributed by atoms with Crippen LogP contribution in [-0.4, -0.2) is 88.2 Å². The van der Waals surface area contributed by atoms with Crippen LogP contribution in [-0.2, 0) is 29.1 Å². The minimum absolute atomic E-state index is 0. The molecular formula is C34H42N6O4. The molecule has 0 bridgehead atoms. The Morgan fingerprint density at radius 2 is 1.66 bits per heavy atom. The van der Waals surface area contributed by atoms with Gasteiger partial charge in [-0.3, -0.25) is 9.59 Å². The number of phenols is 1. The van der Waals surface area contributed by atoms with E-state index in [1.54, 1.807) is 51.1 Å². The molecule has 3 fully saturated rings. The lowest BCUT2D eigenvalue weighted by Gasteiger charge is -2.54. The van der Waals surface area contributed by atoms with E-state index >= 15 is 0 Å². The lowest BCUT2D eigenvalue weighted by atomic mass is 9.98. The van der Waals surface area contributed by atoms with Crippen molar-refractivity contribution in [2.24, 2.45) is 0 Å². The number of hydrazine groups is 1. The summed E-state index contributed by atoms with van der Waals surface area (Å²) in [4.78, 5) is 47.0. The van der Waals surface area contributed by atoms with Gasteiger partial charge < -0.3 is 25.1 Å². The predicted molar refractivity (Wildman–Crippen MR) is 169 cm³/mol. The van der Waals surface area contributed by atoms with Crippen molar-refractivity contribution in [3.8, 4) is 5.75 Å². The van der Waals surface area contributed by atoms with Gasteiger partial charge in [0.15, 0.2) is 0 Å². The Kier molecular flexibility index (Phi) is 9.10. The Morgan fingerprint density at radius 3 is 2.36 bits per heavy atom. The Labute approximate surface area is 259 Å². The van der Waals surface area contributed by atoms with E-state index in [2.05, 4.69) is 29.4 Å². The number of nitrogens with one attached hydrogen (secondary N) is 1. The molecule has 0 unspecified atom stereocenters. The summed E-state index contributed by atoms with van der Waals surface area (Å²) in [6.07, 6.45) is 1.96. The number of rotatable bonds is 8. The van der Waals surface area contributed by atoms with Gasteiger partial charge in [-0.2, -0.15) is 0 Å². The smallest absolute Gasteiger partial charge is 0.334 e. The van der Waals surface area contributed by atoms with E-state index in [-0.39, 0.29) is 50.5 Å². The summed E-state index contributed by atoms with van der Waals surface area (Å²) in [6, 6.07) is 24.0. The zero-order chi connectivity index (χ0) is 30.1. The van der Waals surface area contributed by atoms with Crippen molar-refractivity contribution in [1.29, 1.82) is 0 Å². The molecule has 44 heavy (non-hydrogen) atoms. The predicted octanol–water partition coefficient (Wildman–Crippen LogP) is 3.81. The number of likely N-dealkylation sites (N-methyl/N-ethyl adjacent to an activating group) is 1. The second-order valence-corrected chi connectivity index (χ2v) is 11.7. The van der Waals surface area contributed by atoms with Gasteiger partial charge in [-0.15, -0.1) is 0 Å². The molecule has 2 saturated heterocycles. The van der Waals surface area contributed by atoms with E-state index in [1.165, 1.54) is 12.8 Å². The summed E-state index contributed by atoms with van der Waals surface area (Å²) < 4.78 is 0. The quantitative estimate of drug-likeness (QED) is 0.409. The monoisotopic (exact) mass is 598 g/mol. The SMILES string of the molecule is C.CN(c1cccc(CN2C[C@H]3N(C(=O)CN(C)N3C(=O)NCc3ccccc3)[C@@H](Cc3ccc(O)cc3)C2=O)c1)C1CC1.